The smallest absolute Gasteiger partial charge is 0.306 e. The number of quaternary nitrogens is 1. The highest BCUT2D eigenvalue weighted by atomic mass is 16.6. The molecule has 8 nitrogen and oxygen atoms in total. The molecule has 0 aromatic rings. The third-order valence-corrected chi connectivity index (χ3v) is 11.3. The van der Waals surface area contributed by atoms with Crippen molar-refractivity contribution in [2.24, 2.45) is 0 Å². The number of ether oxygens (including phenoxy) is 3. The lowest BCUT2D eigenvalue weighted by Crippen LogP contribution is -2.55. The summed E-state index contributed by atoms with van der Waals surface area (Å²) < 4.78 is 17.2. The second-order valence-corrected chi connectivity index (χ2v) is 18.1. The number of likely N-dealkylation sites (N-methyl/N-ethyl adjacent to an activating group) is 1. The van der Waals surface area contributed by atoms with Gasteiger partial charge in [0.05, 0.1) is 40.3 Å². The Balaban J connectivity index is 4.28. The van der Waals surface area contributed by atoms with E-state index in [2.05, 4.69) is 50.3 Å². The van der Waals surface area contributed by atoms with Crippen LogP contribution in [0.5, 0.6) is 0 Å². The van der Waals surface area contributed by atoms with Crippen LogP contribution in [0.15, 0.2) is 36.5 Å². The molecule has 60 heavy (non-hydrogen) atoms. The molecule has 0 aromatic carbocycles. The van der Waals surface area contributed by atoms with Gasteiger partial charge in [-0.1, -0.05) is 192 Å². The summed E-state index contributed by atoms with van der Waals surface area (Å²) in [6.07, 6.45) is 50.2. The van der Waals surface area contributed by atoms with E-state index in [-0.39, 0.29) is 42.7 Å². The van der Waals surface area contributed by atoms with E-state index >= 15 is 0 Å². The fourth-order valence-electron chi connectivity index (χ4n) is 7.37. The van der Waals surface area contributed by atoms with Crippen LogP contribution in [0.1, 0.15) is 226 Å². The molecule has 0 aliphatic rings. The fourth-order valence-corrected chi connectivity index (χ4v) is 7.37. The van der Waals surface area contributed by atoms with E-state index in [4.69, 9.17) is 14.2 Å². The summed E-state index contributed by atoms with van der Waals surface area (Å²) in [6.45, 7) is 4.65. The Morgan fingerprint density at radius 3 is 1.33 bits per heavy atom. The van der Waals surface area contributed by atoms with Crippen LogP contribution in [0, 0.1) is 0 Å². The van der Waals surface area contributed by atoms with Gasteiger partial charge < -0.3 is 28.6 Å². The van der Waals surface area contributed by atoms with Crippen LogP contribution >= 0.6 is 0 Å². The third-order valence-electron chi connectivity index (χ3n) is 11.3. The molecule has 0 radical (unpaired) electrons. The number of hydrogen-bond donors (Lipinski definition) is 0. The van der Waals surface area contributed by atoms with Crippen LogP contribution < -0.4 is 5.11 Å². The topological polar surface area (TPSA) is 102 Å². The lowest BCUT2D eigenvalue weighted by molar-refractivity contribution is -0.889. The molecule has 2 unspecified atom stereocenters. The quantitative estimate of drug-likeness (QED) is 0.0260. The second-order valence-electron chi connectivity index (χ2n) is 18.1. The molecule has 0 fully saturated rings. The molecule has 0 heterocycles. The molecule has 0 aliphatic carbocycles. The van der Waals surface area contributed by atoms with Gasteiger partial charge in [0.1, 0.15) is 12.6 Å². The molecule has 0 bridgehead atoms. The van der Waals surface area contributed by atoms with Crippen molar-refractivity contribution in [3.63, 3.8) is 0 Å². The molecule has 0 aliphatic heterocycles. The summed E-state index contributed by atoms with van der Waals surface area (Å²) in [4.78, 5) is 37.0. The summed E-state index contributed by atoms with van der Waals surface area (Å²) in [5.74, 6) is -1.74. The molecule has 0 N–H and O–H groups in total. The average Bonchev–Trinajstić information content (AvgIpc) is 3.21. The van der Waals surface area contributed by atoms with Crippen LogP contribution in [-0.4, -0.2) is 75.5 Å². The first-order chi connectivity index (χ1) is 29.1. The monoisotopic (exact) mass is 846 g/mol. The van der Waals surface area contributed by atoms with E-state index in [1.54, 1.807) is 21.1 Å². The van der Waals surface area contributed by atoms with E-state index in [1.165, 1.54) is 128 Å². The zero-order valence-corrected chi connectivity index (χ0v) is 39.9. The third kappa shape index (κ3) is 40.9. The highest BCUT2D eigenvalue weighted by molar-refractivity contribution is 5.70. The summed E-state index contributed by atoms with van der Waals surface area (Å²) in [6, 6.07) is -0.727. The standard InChI is InChI=1S/C52H95NO7/c1-6-8-10-12-14-16-18-20-22-24-25-27-29-31-33-35-37-39-41-43-51(55)60-48(46-58-45-44-49(52(56)57)53(3,4)5)47-59-50(54)42-40-38-36-34-32-30-28-26-23-21-19-17-15-13-11-9-7-2/h14,16,20,22,25,27,48-49H,6-13,15,17-19,21,23-24,26,28-47H2,1-5H3/b16-14-,22-20-,27-25-. The first kappa shape index (κ1) is 57.5. The molecule has 2 atom stereocenters. The van der Waals surface area contributed by atoms with Crippen molar-refractivity contribution in [2.75, 3.05) is 41.0 Å². The normalized spacial score (nSPS) is 13.2. The fraction of sp³-hybridized carbons (Fsp3) is 0.827. The van der Waals surface area contributed by atoms with Crippen LogP contribution in [-0.2, 0) is 28.6 Å². The molecule has 0 aromatic heterocycles. The number of nitrogens with zero attached hydrogens (tertiary/aromatic N) is 1. The van der Waals surface area contributed by atoms with Crippen molar-refractivity contribution in [1.82, 2.24) is 0 Å². The van der Waals surface area contributed by atoms with Gasteiger partial charge in [0.2, 0.25) is 0 Å². The summed E-state index contributed by atoms with van der Waals surface area (Å²) in [5, 5.41) is 11.7. The number of aliphatic carboxylic acids is 1. The molecule has 8 heteroatoms. The maximum absolute atomic E-state index is 12.8. The largest absolute Gasteiger partial charge is 0.544 e. The minimum absolute atomic E-state index is 0.0380. The Hall–Kier alpha value is -2.45. The van der Waals surface area contributed by atoms with Gasteiger partial charge in [0, 0.05) is 19.3 Å². The lowest BCUT2D eigenvalue weighted by Gasteiger charge is -2.34. The highest BCUT2D eigenvalue weighted by Gasteiger charge is 2.25. The summed E-state index contributed by atoms with van der Waals surface area (Å²) in [5.41, 5.74) is 0. The van der Waals surface area contributed by atoms with E-state index in [9.17, 15) is 19.5 Å². The Morgan fingerprint density at radius 1 is 0.500 bits per heavy atom. The molecule has 0 rings (SSSR count). The SMILES string of the molecule is CCCCC/C=C\C/C=C\C/C=C\CCCCCCCCC(=O)OC(COCCC(C(=O)[O-])[N+](C)(C)C)COC(=O)CCCCCCCCCCCCCCCCCCC. The van der Waals surface area contributed by atoms with Crippen LogP contribution in [0.25, 0.3) is 0 Å². The van der Waals surface area contributed by atoms with Gasteiger partial charge >= 0.3 is 11.9 Å². The molecule has 0 saturated carbocycles. The molecule has 0 saturated heterocycles. The molecule has 0 spiro atoms. The number of hydrogen-bond acceptors (Lipinski definition) is 7. The first-order valence-electron chi connectivity index (χ1n) is 25.0. The zero-order valence-electron chi connectivity index (χ0n) is 39.9. The number of allylic oxidation sites excluding steroid dienone is 6. The van der Waals surface area contributed by atoms with Crippen LogP contribution in [0.2, 0.25) is 0 Å². The van der Waals surface area contributed by atoms with E-state index in [0.29, 0.717) is 12.8 Å². The lowest BCUT2D eigenvalue weighted by atomic mass is 10.0. The summed E-state index contributed by atoms with van der Waals surface area (Å²) in [7, 11) is 5.41. The molecular formula is C52H95NO7. The van der Waals surface area contributed by atoms with Gasteiger partial charge in [-0.05, 0) is 51.4 Å². The van der Waals surface area contributed by atoms with Gasteiger partial charge in [-0.2, -0.15) is 0 Å². The predicted molar refractivity (Wildman–Crippen MR) is 250 cm³/mol. The van der Waals surface area contributed by atoms with Crippen LogP contribution in [0.3, 0.4) is 0 Å². The van der Waals surface area contributed by atoms with Gasteiger partial charge in [-0.25, -0.2) is 0 Å². The van der Waals surface area contributed by atoms with E-state index in [0.717, 1.165) is 64.2 Å². The maximum atomic E-state index is 12.8. The van der Waals surface area contributed by atoms with Crippen molar-refractivity contribution in [2.45, 2.75) is 238 Å². The van der Waals surface area contributed by atoms with Crippen LogP contribution in [0.4, 0.5) is 0 Å². The number of unbranched alkanes of at least 4 members (excludes halogenated alkanes) is 25. The Bertz CT molecular complexity index is 1080. The zero-order chi connectivity index (χ0) is 44.2. The highest BCUT2D eigenvalue weighted by Crippen LogP contribution is 2.16. The van der Waals surface area contributed by atoms with Gasteiger partial charge in [-0.15, -0.1) is 0 Å². The molecule has 0 amide bonds. The molecular weight excluding hydrogens is 751 g/mol. The second kappa shape index (κ2) is 43.2. The number of carboxylic acids is 1. The Kier molecular flexibility index (Phi) is 41.4. The van der Waals surface area contributed by atoms with Gasteiger partial charge in [0.15, 0.2) is 6.10 Å². The number of carbonyl (C=O) groups is 3. The van der Waals surface area contributed by atoms with E-state index in [1.807, 2.05) is 0 Å². The Morgan fingerprint density at radius 2 is 0.883 bits per heavy atom. The van der Waals surface area contributed by atoms with Crippen molar-refractivity contribution in [3.8, 4) is 0 Å². The number of carbonyl (C=O) groups excluding carboxylic acids is 3. The number of esters is 2. The summed E-state index contributed by atoms with van der Waals surface area (Å²) >= 11 is 0. The Labute approximate surface area is 370 Å². The molecule has 350 valence electrons. The predicted octanol–water partition coefficient (Wildman–Crippen LogP) is 12.9. The minimum Gasteiger partial charge on any atom is -0.544 e. The van der Waals surface area contributed by atoms with Crippen molar-refractivity contribution in [3.05, 3.63) is 36.5 Å². The van der Waals surface area contributed by atoms with Crippen molar-refractivity contribution < 1.29 is 38.2 Å². The first-order valence-corrected chi connectivity index (χ1v) is 25.0. The average molecular weight is 846 g/mol. The minimum atomic E-state index is -1.13. The van der Waals surface area contributed by atoms with Crippen molar-refractivity contribution in [1.29, 1.82) is 0 Å². The number of carboxylic acid groups (broad SMARTS) is 1. The van der Waals surface area contributed by atoms with E-state index < -0.39 is 18.1 Å². The van der Waals surface area contributed by atoms with Crippen molar-refractivity contribution >= 4 is 17.9 Å². The maximum Gasteiger partial charge on any atom is 0.306 e. The van der Waals surface area contributed by atoms with Gasteiger partial charge in [-0.3, -0.25) is 9.59 Å². The number of rotatable bonds is 45. The van der Waals surface area contributed by atoms with Gasteiger partial charge in [0.25, 0.3) is 0 Å².